The summed E-state index contributed by atoms with van der Waals surface area (Å²) in [6, 6.07) is 91.3. The van der Waals surface area contributed by atoms with E-state index in [9.17, 15) is 4.39 Å². The average molecular weight is 987 g/mol. The summed E-state index contributed by atoms with van der Waals surface area (Å²) in [5.41, 5.74) is 15.1. The molecule has 7 heteroatoms. The quantitative estimate of drug-likeness (QED) is 0.160. The van der Waals surface area contributed by atoms with Crippen molar-refractivity contribution in [1.82, 2.24) is 28.2 Å². The van der Waals surface area contributed by atoms with Gasteiger partial charge in [-0.1, -0.05) is 176 Å². The van der Waals surface area contributed by atoms with E-state index in [4.69, 9.17) is 9.97 Å². The monoisotopic (exact) mass is 986 g/mol. The average Bonchev–Trinajstić information content (AvgIpc) is 4.44. The molecule has 6 aromatic heterocycles. The molecule has 10 aromatic carbocycles. The Morgan fingerprint density at radius 2 is 0.519 bits per heavy atom. The molecule has 0 atom stereocenters. The Labute approximate surface area is 441 Å². The van der Waals surface area contributed by atoms with Crippen LogP contribution in [0.2, 0.25) is 0 Å². The fourth-order valence-corrected chi connectivity index (χ4v) is 12.4. The summed E-state index contributed by atoms with van der Waals surface area (Å²) in [5.74, 6) is 1.18. The fourth-order valence-electron chi connectivity index (χ4n) is 12.4. The minimum atomic E-state index is -0.309. The van der Waals surface area contributed by atoms with Gasteiger partial charge in [0.15, 0.2) is 11.6 Å². The number of rotatable bonds is 7. The van der Waals surface area contributed by atoms with Gasteiger partial charge in [0.1, 0.15) is 17.2 Å². The number of hydrogen-bond acceptors (Lipinski definition) is 2. The molecule has 0 saturated heterocycles. The lowest BCUT2D eigenvalue weighted by Crippen LogP contribution is -2.16. The largest absolute Gasteiger partial charge is 0.305 e. The molecule has 0 amide bonds. The minimum Gasteiger partial charge on any atom is -0.305 e. The van der Waals surface area contributed by atoms with E-state index in [1.54, 1.807) is 0 Å². The molecule has 0 aliphatic heterocycles. The van der Waals surface area contributed by atoms with Crippen molar-refractivity contribution in [2.24, 2.45) is 0 Å². The van der Waals surface area contributed by atoms with Crippen LogP contribution < -0.4 is 0 Å². The Bertz CT molecular complexity index is 4590. The second-order valence-electron chi connectivity index (χ2n) is 19.8. The van der Waals surface area contributed by atoms with Gasteiger partial charge in [-0.2, -0.15) is 0 Å². The summed E-state index contributed by atoms with van der Waals surface area (Å²) in [6.07, 6.45) is 0. The molecule has 0 saturated carbocycles. The Morgan fingerprint density at radius 3 is 0.844 bits per heavy atom. The van der Waals surface area contributed by atoms with Crippen LogP contribution >= 0.6 is 0 Å². The molecule has 6 nitrogen and oxygen atoms in total. The van der Waals surface area contributed by atoms with Crippen molar-refractivity contribution < 1.29 is 4.39 Å². The number of para-hydroxylation sites is 8. The number of nitrogens with zero attached hydrogens (tertiary/aromatic N) is 6. The summed E-state index contributed by atoms with van der Waals surface area (Å²) in [4.78, 5) is 11.8. The first kappa shape index (κ1) is 43.1. The highest BCUT2D eigenvalue weighted by Gasteiger charge is 2.33. The minimum absolute atomic E-state index is 0.309. The zero-order valence-corrected chi connectivity index (χ0v) is 41.4. The molecule has 0 N–H and O–H groups in total. The number of hydrogen-bond donors (Lipinski definition) is 0. The summed E-state index contributed by atoms with van der Waals surface area (Å²) in [6.45, 7) is 0. The van der Waals surface area contributed by atoms with E-state index in [-0.39, 0.29) is 5.82 Å². The van der Waals surface area contributed by atoms with Crippen molar-refractivity contribution in [3.05, 3.63) is 267 Å². The van der Waals surface area contributed by atoms with Crippen LogP contribution in [0.4, 0.5) is 4.39 Å². The van der Waals surface area contributed by atoms with E-state index in [1.165, 1.54) is 12.1 Å². The van der Waals surface area contributed by atoms with Gasteiger partial charge in [-0.25, -0.2) is 14.4 Å². The lowest BCUT2D eigenvalue weighted by Gasteiger charge is -2.27. The fraction of sp³-hybridized carbons (Fsp3) is 0. The third kappa shape index (κ3) is 6.41. The van der Waals surface area contributed by atoms with Crippen molar-refractivity contribution in [2.75, 3.05) is 0 Å². The molecule has 77 heavy (non-hydrogen) atoms. The maximum absolute atomic E-state index is 15.0. The van der Waals surface area contributed by atoms with E-state index in [1.807, 2.05) is 18.2 Å². The second kappa shape index (κ2) is 16.8. The Kier molecular flexibility index (Phi) is 9.41. The highest BCUT2D eigenvalue weighted by atomic mass is 19.1. The molecule has 0 aliphatic carbocycles. The first-order valence-corrected chi connectivity index (χ1v) is 26.0. The van der Waals surface area contributed by atoms with Gasteiger partial charge in [0.05, 0.1) is 55.5 Å². The van der Waals surface area contributed by atoms with E-state index in [0.29, 0.717) is 5.69 Å². The summed E-state index contributed by atoms with van der Waals surface area (Å²) in [7, 11) is 0. The van der Waals surface area contributed by atoms with E-state index < -0.39 is 0 Å². The van der Waals surface area contributed by atoms with Crippen molar-refractivity contribution in [3.8, 4) is 56.7 Å². The molecular weight excluding hydrogens is 944 g/mol. The van der Waals surface area contributed by atoms with Crippen molar-refractivity contribution in [1.29, 1.82) is 0 Å². The van der Waals surface area contributed by atoms with Crippen LogP contribution in [-0.4, -0.2) is 28.2 Å². The van der Waals surface area contributed by atoms with Crippen LogP contribution in [0.3, 0.4) is 0 Å². The molecule has 0 spiro atoms. The molecule has 0 bridgehead atoms. The molecule has 16 aromatic rings. The van der Waals surface area contributed by atoms with Crippen LogP contribution in [0.5, 0.6) is 0 Å². The second-order valence-corrected chi connectivity index (χ2v) is 19.8. The van der Waals surface area contributed by atoms with Gasteiger partial charge < -0.3 is 9.13 Å². The van der Waals surface area contributed by atoms with Gasteiger partial charge >= 0.3 is 0 Å². The molecule has 0 radical (unpaired) electrons. The van der Waals surface area contributed by atoms with Crippen LogP contribution in [0.25, 0.3) is 144 Å². The SMILES string of the molecule is Fc1ccc(-c2cc(-c3c(-n4c5ccccc5c5ccccc54)c(-n4c5ccccc5c5ccccc54)nc(-n4c5ccccc5c5ccccc54)c3-n3c4ccccc4c4ccccc43)cc(-c3ccccc3)n2)cc1. The third-order valence-corrected chi connectivity index (χ3v) is 15.6. The molecule has 0 fully saturated rings. The lowest BCUT2D eigenvalue weighted by molar-refractivity contribution is 0.628. The zero-order valence-electron chi connectivity index (χ0n) is 41.4. The van der Waals surface area contributed by atoms with Crippen LogP contribution in [-0.2, 0) is 0 Å². The van der Waals surface area contributed by atoms with Crippen LogP contribution in [0, 0.1) is 5.82 Å². The normalized spacial score (nSPS) is 12.0. The van der Waals surface area contributed by atoms with E-state index in [0.717, 1.165) is 138 Å². The topological polar surface area (TPSA) is 45.5 Å². The zero-order chi connectivity index (χ0) is 50.7. The Balaban J connectivity index is 1.24. The molecule has 0 aliphatic rings. The predicted molar refractivity (Wildman–Crippen MR) is 316 cm³/mol. The first-order chi connectivity index (χ1) is 38.2. The van der Waals surface area contributed by atoms with E-state index in [2.05, 4.69) is 249 Å². The van der Waals surface area contributed by atoms with Gasteiger partial charge in [0.25, 0.3) is 0 Å². The molecule has 360 valence electrons. The lowest BCUT2D eigenvalue weighted by atomic mass is 9.96. The van der Waals surface area contributed by atoms with Gasteiger partial charge in [-0.15, -0.1) is 0 Å². The first-order valence-electron chi connectivity index (χ1n) is 26.0. The van der Waals surface area contributed by atoms with Crippen LogP contribution in [0.1, 0.15) is 0 Å². The Hall–Kier alpha value is -10.4. The molecule has 6 heterocycles. The van der Waals surface area contributed by atoms with Crippen molar-refractivity contribution in [2.45, 2.75) is 0 Å². The molecule has 0 unspecified atom stereocenters. The maximum Gasteiger partial charge on any atom is 0.165 e. The smallest absolute Gasteiger partial charge is 0.165 e. The maximum atomic E-state index is 15.0. The van der Waals surface area contributed by atoms with Gasteiger partial charge in [-0.05, 0) is 90.5 Å². The molecule has 16 rings (SSSR count). The standard InChI is InChI=1S/C70H43FN6/c71-47-40-38-45(39-41-47)57-43-46(42-56(72-57)44-20-2-1-3-21-44)66-67(74-58-30-12-4-22-48(58)49-23-5-13-31-59(49)74)69(76-62-34-16-8-26-52(62)53-27-9-17-35-63(53)76)73-70(77-64-36-18-10-28-54(64)55-29-11-19-37-65(55)77)68(66)75-60-32-14-6-24-50(60)51-25-7-15-33-61(51)75/h1-43H. The number of aromatic nitrogens is 6. The summed E-state index contributed by atoms with van der Waals surface area (Å²) >= 11 is 0. The Morgan fingerprint density at radius 1 is 0.247 bits per heavy atom. The summed E-state index contributed by atoms with van der Waals surface area (Å²) < 4.78 is 24.7. The summed E-state index contributed by atoms with van der Waals surface area (Å²) in [5, 5.41) is 8.99. The van der Waals surface area contributed by atoms with Gasteiger partial charge in [0.2, 0.25) is 0 Å². The highest BCUT2D eigenvalue weighted by Crippen LogP contribution is 2.49. The molecular formula is C70H43FN6. The van der Waals surface area contributed by atoms with Crippen molar-refractivity contribution >= 4 is 87.2 Å². The predicted octanol–water partition coefficient (Wildman–Crippen LogP) is 18.0. The van der Waals surface area contributed by atoms with Gasteiger partial charge in [-0.3, -0.25) is 9.13 Å². The third-order valence-electron chi connectivity index (χ3n) is 15.6. The van der Waals surface area contributed by atoms with Crippen molar-refractivity contribution in [3.63, 3.8) is 0 Å². The van der Waals surface area contributed by atoms with Gasteiger partial charge in [0, 0.05) is 59.8 Å². The van der Waals surface area contributed by atoms with Crippen LogP contribution in [0.15, 0.2) is 261 Å². The van der Waals surface area contributed by atoms with E-state index >= 15 is 0 Å². The number of fused-ring (bicyclic) bond motifs is 12. The number of pyridine rings is 2. The number of benzene rings is 10. The highest BCUT2D eigenvalue weighted by molar-refractivity contribution is 6.16. The number of halogens is 1.